The SMILES string of the molecule is COCC1(C)CCN(C(=O)c2cc(-c3cccnc3)on2)CC1. The maximum absolute atomic E-state index is 12.6. The van der Waals surface area contributed by atoms with E-state index < -0.39 is 0 Å². The zero-order valence-electron chi connectivity index (χ0n) is 13.5. The van der Waals surface area contributed by atoms with E-state index in [1.807, 2.05) is 17.0 Å². The predicted octanol–water partition coefficient (Wildman–Crippen LogP) is 2.63. The number of hydrogen-bond acceptors (Lipinski definition) is 5. The molecule has 1 aliphatic rings. The highest BCUT2D eigenvalue weighted by molar-refractivity contribution is 5.93. The monoisotopic (exact) mass is 315 g/mol. The average molecular weight is 315 g/mol. The number of nitrogens with zero attached hydrogens (tertiary/aromatic N) is 3. The molecule has 0 aliphatic carbocycles. The van der Waals surface area contributed by atoms with Crippen molar-refractivity contribution in [2.75, 3.05) is 26.8 Å². The molecule has 6 nitrogen and oxygen atoms in total. The van der Waals surface area contributed by atoms with E-state index in [1.54, 1.807) is 25.6 Å². The largest absolute Gasteiger partial charge is 0.384 e. The number of hydrogen-bond donors (Lipinski definition) is 0. The minimum atomic E-state index is -0.0802. The Hall–Kier alpha value is -2.21. The van der Waals surface area contributed by atoms with Crippen molar-refractivity contribution in [1.82, 2.24) is 15.0 Å². The molecule has 2 aromatic heterocycles. The lowest BCUT2D eigenvalue weighted by Gasteiger charge is -2.38. The van der Waals surface area contributed by atoms with Gasteiger partial charge in [-0.25, -0.2) is 0 Å². The molecule has 0 bridgehead atoms. The molecular weight excluding hydrogens is 294 g/mol. The zero-order chi connectivity index (χ0) is 16.3. The molecule has 0 spiro atoms. The predicted molar refractivity (Wildman–Crippen MR) is 84.9 cm³/mol. The molecule has 0 unspecified atom stereocenters. The van der Waals surface area contributed by atoms with Crippen LogP contribution in [0.3, 0.4) is 0 Å². The van der Waals surface area contributed by atoms with Crippen LogP contribution in [0.5, 0.6) is 0 Å². The van der Waals surface area contributed by atoms with Gasteiger partial charge in [-0.3, -0.25) is 9.78 Å². The molecule has 6 heteroatoms. The summed E-state index contributed by atoms with van der Waals surface area (Å²) in [4.78, 5) is 18.4. The summed E-state index contributed by atoms with van der Waals surface area (Å²) in [7, 11) is 1.72. The molecule has 0 aromatic carbocycles. The van der Waals surface area contributed by atoms with Crippen LogP contribution >= 0.6 is 0 Å². The molecule has 0 atom stereocenters. The van der Waals surface area contributed by atoms with Gasteiger partial charge in [0.15, 0.2) is 11.5 Å². The number of ether oxygens (including phenoxy) is 1. The maximum atomic E-state index is 12.6. The molecule has 0 N–H and O–H groups in total. The van der Waals surface area contributed by atoms with Gasteiger partial charge in [0.05, 0.1) is 6.61 Å². The smallest absolute Gasteiger partial charge is 0.276 e. The highest BCUT2D eigenvalue weighted by atomic mass is 16.5. The molecule has 23 heavy (non-hydrogen) atoms. The van der Waals surface area contributed by atoms with E-state index in [2.05, 4.69) is 17.1 Å². The molecule has 1 saturated heterocycles. The van der Waals surface area contributed by atoms with Crippen molar-refractivity contribution >= 4 is 5.91 Å². The summed E-state index contributed by atoms with van der Waals surface area (Å²) >= 11 is 0. The summed E-state index contributed by atoms with van der Waals surface area (Å²) < 4.78 is 10.6. The van der Waals surface area contributed by atoms with Crippen LogP contribution in [-0.4, -0.2) is 47.8 Å². The Balaban J connectivity index is 1.67. The number of carbonyl (C=O) groups excluding carboxylic acids is 1. The number of amides is 1. The van der Waals surface area contributed by atoms with Gasteiger partial charge in [-0.1, -0.05) is 12.1 Å². The first-order valence-corrected chi connectivity index (χ1v) is 7.77. The van der Waals surface area contributed by atoms with E-state index in [4.69, 9.17) is 9.26 Å². The minimum Gasteiger partial charge on any atom is -0.384 e. The third-order valence-electron chi connectivity index (χ3n) is 4.43. The fourth-order valence-corrected chi connectivity index (χ4v) is 2.93. The second-order valence-electron chi connectivity index (χ2n) is 6.35. The van der Waals surface area contributed by atoms with Gasteiger partial charge in [0.25, 0.3) is 5.91 Å². The summed E-state index contributed by atoms with van der Waals surface area (Å²) in [6.45, 7) is 4.36. The zero-order valence-corrected chi connectivity index (χ0v) is 13.5. The summed E-state index contributed by atoms with van der Waals surface area (Å²) in [5, 5.41) is 3.92. The second kappa shape index (κ2) is 6.50. The molecule has 0 saturated carbocycles. The van der Waals surface area contributed by atoms with E-state index >= 15 is 0 Å². The van der Waals surface area contributed by atoms with E-state index in [-0.39, 0.29) is 11.3 Å². The molecule has 1 amide bonds. The van der Waals surface area contributed by atoms with E-state index in [0.717, 1.165) is 25.0 Å². The Morgan fingerprint density at radius 3 is 2.87 bits per heavy atom. The summed E-state index contributed by atoms with van der Waals surface area (Å²) in [6, 6.07) is 5.38. The Kier molecular flexibility index (Phi) is 4.43. The normalized spacial score (nSPS) is 17.2. The highest BCUT2D eigenvalue weighted by Crippen LogP contribution is 2.31. The Bertz CT molecular complexity index is 661. The van der Waals surface area contributed by atoms with Crippen molar-refractivity contribution in [3.05, 3.63) is 36.3 Å². The van der Waals surface area contributed by atoms with E-state index in [0.29, 0.717) is 24.5 Å². The fourth-order valence-electron chi connectivity index (χ4n) is 2.93. The molecule has 122 valence electrons. The fraction of sp³-hybridized carbons (Fsp3) is 0.471. The summed E-state index contributed by atoms with van der Waals surface area (Å²) in [5.41, 5.74) is 1.31. The van der Waals surface area contributed by atoms with E-state index in [1.165, 1.54) is 0 Å². The molecular formula is C17H21N3O3. The number of methoxy groups -OCH3 is 1. The number of carbonyl (C=O) groups is 1. The van der Waals surface area contributed by atoms with Crippen molar-refractivity contribution in [2.45, 2.75) is 19.8 Å². The van der Waals surface area contributed by atoms with Gasteiger partial charge >= 0.3 is 0 Å². The van der Waals surface area contributed by atoms with Crippen LogP contribution in [0.25, 0.3) is 11.3 Å². The third-order valence-corrected chi connectivity index (χ3v) is 4.43. The standard InChI is InChI=1S/C17H21N3O3/c1-17(12-22-2)5-8-20(9-6-17)16(21)14-10-15(23-19-14)13-4-3-7-18-11-13/h3-4,7,10-11H,5-6,8-9,12H2,1-2H3. The van der Waals surface area contributed by atoms with Crippen LogP contribution in [0.1, 0.15) is 30.3 Å². The number of rotatable bonds is 4. The molecule has 0 radical (unpaired) electrons. The second-order valence-corrected chi connectivity index (χ2v) is 6.35. The Morgan fingerprint density at radius 1 is 1.43 bits per heavy atom. The van der Waals surface area contributed by atoms with Gasteiger partial charge in [-0.2, -0.15) is 0 Å². The van der Waals surface area contributed by atoms with Gasteiger partial charge in [-0.05, 0) is 30.4 Å². The van der Waals surface area contributed by atoms with Crippen molar-refractivity contribution < 1.29 is 14.1 Å². The molecule has 3 heterocycles. The van der Waals surface area contributed by atoms with Crippen LogP contribution in [0.2, 0.25) is 0 Å². The van der Waals surface area contributed by atoms with Gasteiger partial charge in [0.1, 0.15) is 0 Å². The number of pyridine rings is 1. The Labute approximate surface area is 135 Å². The van der Waals surface area contributed by atoms with Crippen molar-refractivity contribution in [2.24, 2.45) is 5.41 Å². The van der Waals surface area contributed by atoms with Crippen LogP contribution in [0.15, 0.2) is 35.1 Å². The average Bonchev–Trinajstić information content (AvgIpc) is 3.06. The number of piperidine rings is 1. The Morgan fingerprint density at radius 2 is 2.22 bits per heavy atom. The van der Waals surface area contributed by atoms with Crippen LogP contribution < -0.4 is 0 Å². The molecule has 1 fully saturated rings. The van der Waals surface area contributed by atoms with Crippen molar-refractivity contribution in [3.8, 4) is 11.3 Å². The number of likely N-dealkylation sites (tertiary alicyclic amines) is 1. The van der Waals surface area contributed by atoms with Crippen LogP contribution in [0, 0.1) is 5.41 Å². The lowest BCUT2D eigenvalue weighted by Crippen LogP contribution is -2.43. The third kappa shape index (κ3) is 3.42. The van der Waals surface area contributed by atoms with Gasteiger partial charge in [0, 0.05) is 44.2 Å². The lowest BCUT2D eigenvalue weighted by molar-refractivity contribution is 0.0297. The van der Waals surface area contributed by atoms with Gasteiger partial charge < -0.3 is 14.2 Å². The molecule has 1 aliphatic heterocycles. The van der Waals surface area contributed by atoms with Crippen LogP contribution in [-0.2, 0) is 4.74 Å². The summed E-state index contributed by atoms with van der Waals surface area (Å²) in [6.07, 6.45) is 5.24. The molecule has 3 rings (SSSR count). The maximum Gasteiger partial charge on any atom is 0.276 e. The first kappa shape index (κ1) is 15.7. The molecule has 2 aromatic rings. The quantitative estimate of drug-likeness (QED) is 0.867. The van der Waals surface area contributed by atoms with Gasteiger partial charge in [-0.15, -0.1) is 0 Å². The summed E-state index contributed by atoms with van der Waals surface area (Å²) in [5.74, 6) is 0.478. The van der Waals surface area contributed by atoms with Gasteiger partial charge in [0.2, 0.25) is 0 Å². The lowest BCUT2D eigenvalue weighted by atomic mass is 9.81. The van der Waals surface area contributed by atoms with Crippen LogP contribution in [0.4, 0.5) is 0 Å². The first-order valence-electron chi connectivity index (χ1n) is 7.77. The first-order chi connectivity index (χ1) is 11.1. The van der Waals surface area contributed by atoms with Crippen molar-refractivity contribution in [3.63, 3.8) is 0 Å². The number of aromatic nitrogens is 2. The van der Waals surface area contributed by atoms with Crippen molar-refractivity contribution in [1.29, 1.82) is 0 Å². The van der Waals surface area contributed by atoms with E-state index in [9.17, 15) is 4.79 Å². The highest BCUT2D eigenvalue weighted by Gasteiger charge is 2.33. The minimum absolute atomic E-state index is 0.0802. The topological polar surface area (TPSA) is 68.5 Å².